The van der Waals surface area contributed by atoms with E-state index in [1.807, 2.05) is 30.3 Å². The number of benzene rings is 1. The maximum atomic E-state index is 11.8. The highest BCUT2D eigenvalue weighted by Gasteiger charge is 2.20. The molecule has 0 aliphatic rings. The maximum Gasteiger partial charge on any atom is 0.414 e. The first-order valence-corrected chi connectivity index (χ1v) is 7.66. The van der Waals surface area contributed by atoms with E-state index in [1.54, 1.807) is 20.8 Å². The molecule has 3 N–H and O–H groups in total. The van der Waals surface area contributed by atoms with Crippen molar-refractivity contribution < 1.29 is 23.9 Å². The second-order valence-electron chi connectivity index (χ2n) is 6.29. The van der Waals surface area contributed by atoms with E-state index in [0.717, 1.165) is 5.56 Å². The number of ether oxygens (including phenoxy) is 2. The van der Waals surface area contributed by atoms with Crippen LogP contribution in [0.15, 0.2) is 30.3 Å². The average molecular weight is 336 g/mol. The number of esters is 1. The number of imide groups is 1. The predicted octanol–water partition coefficient (Wildman–Crippen LogP) is 1.89. The monoisotopic (exact) mass is 336 g/mol. The molecule has 0 saturated carbocycles. The van der Waals surface area contributed by atoms with E-state index < -0.39 is 29.6 Å². The van der Waals surface area contributed by atoms with E-state index in [1.165, 1.54) is 0 Å². The van der Waals surface area contributed by atoms with Gasteiger partial charge in [0.25, 0.3) is 0 Å². The molecule has 7 heteroatoms. The van der Waals surface area contributed by atoms with E-state index >= 15 is 0 Å². The molecule has 1 aromatic rings. The number of alkyl carbamates (subject to hydrolysis) is 1. The van der Waals surface area contributed by atoms with Crippen molar-refractivity contribution in [2.24, 2.45) is 5.73 Å². The summed E-state index contributed by atoms with van der Waals surface area (Å²) in [6.07, 6.45) is -0.837. The normalized spacial score (nSPS) is 12.2. The van der Waals surface area contributed by atoms with Crippen molar-refractivity contribution in [1.29, 1.82) is 0 Å². The standard InChI is InChI=1S/C17H24N2O5/c1-17(2,3)24-16(22)19-14(20)10-9-13(18)15(21)23-11-12-7-5-4-6-8-12/h4-8,13H,9-11,18H2,1-3H3,(H,19,20,22)/t13-/m0/s1. The number of hydrogen-bond donors (Lipinski definition) is 2. The van der Waals surface area contributed by atoms with Crippen LogP contribution in [0.1, 0.15) is 39.2 Å². The predicted molar refractivity (Wildman–Crippen MR) is 87.8 cm³/mol. The SMILES string of the molecule is CC(C)(C)OC(=O)NC(=O)CC[C@H](N)C(=O)OCc1ccccc1. The summed E-state index contributed by atoms with van der Waals surface area (Å²) in [7, 11) is 0. The van der Waals surface area contributed by atoms with Crippen LogP contribution in [-0.4, -0.2) is 29.6 Å². The van der Waals surface area contributed by atoms with Gasteiger partial charge in [0.05, 0.1) is 0 Å². The van der Waals surface area contributed by atoms with Crippen LogP contribution in [0.25, 0.3) is 0 Å². The smallest absolute Gasteiger partial charge is 0.414 e. The molecule has 0 unspecified atom stereocenters. The third kappa shape index (κ3) is 8.28. The van der Waals surface area contributed by atoms with Crippen molar-refractivity contribution in [1.82, 2.24) is 5.32 Å². The molecule has 0 radical (unpaired) electrons. The molecule has 0 aromatic heterocycles. The second-order valence-corrected chi connectivity index (χ2v) is 6.29. The number of rotatable bonds is 6. The van der Waals surface area contributed by atoms with E-state index in [9.17, 15) is 14.4 Å². The summed E-state index contributed by atoms with van der Waals surface area (Å²) in [5.74, 6) is -1.15. The van der Waals surface area contributed by atoms with Gasteiger partial charge in [-0.25, -0.2) is 4.79 Å². The molecular formula is C17H24N2O5. The molecule has 0 aliphatic carbocycles. The highest BCUT2D eigenvalue weighted by Crippen LogP contribution is 2.07. The fraction of sp³-hybridized carbons (Fsp3) is 0.471. The van der Waals surface area contributed by atoms with E-state index in [2.05, 4.69) is 5.32 Å². The summed E-state index contributed by atoms with van der Waals surface area (Å²) in [5.41, 5.74) is 5.85. The van der Waals surface area contributed by atoms with Gasteiger partial charge < -0.3 is 15.2 Å². The van der Waals surface area contributed by atoms with Crippen LogP contribution < -0.4 is 11.1 Å². The first kappa shape index (κ1) is 19.6. The van der Waals surface area contributed by atoms with Gasteiger partial charge in [0.2, 0.25) is 5.91 Å². The summed E-state index contributed by atoms with van der Waals surface area (Å²) in [4.78, 5) is 34.8. The fourth-order valence-corrected chi connectivity index (χ4v) is 1.72. The molecule has 0 spiro atoms. The van der Waals surface area contributed by atoms with Gasteiger partial charge in [-0.2, -0.15) is 0 Å². The lowest BCUT2D eigenvalue weighted by atomic mass is 10.1. The van der Waals surface area contributed by atoms with E-state index in [0.29, 0.717) is 0 Å². The Morgan fingerprint density at radius 1 is 1.17 bits per heavy atom. The number of carbonyl (C=O) groups excluding carboxylic acids is 3. The molecule has 0 bridgehead atoms. The van der Waals surface area contributed by atoms with Gasteiger partial charge >= 0.3 is 12.1 Å². The Balaban J connectivity index is 2.29. The Morgan fingerprint density at radius 3 is 2.38 bits per heavy atom. The Labute approximate surface area is 141 Å². The quantitative estimate of drug-likeness (QED) is 0.768. The molecule has 1 atom stereocenters. The summed E-state index contributed by atoms with van der Waals surface area (Å²) in [6, 6.07) is 8.26. The minimum atomic E-state index is -0.932. The molecule has 0 heterocycles. The maximum absolute atomic E-state index is 11.8. The van der Waals surface area contributed by atoms with Gasteiger partial charge in [-0.3, -0.25) is 14.9 Å². The van der Waals surface area contributed by atoms with Crippen LogP contribution in [0.3, 0.4) is 0 Å². The Bertz CT molecular complexity index is 566. The minimum Gasteiger partial charge on any atom is -0.460 e. The number of hydrogen-bond acceptors (Lipinski definition) is 6. The van der Waals surface area contributed by atoms with Crippen molar-refractivity contribution in [3.63, 3.8) is 0 Å². The van der Waals surface area contributed by atoms with Crippen molar-refractivity contribution in [2.45, 2.75) is 51.9 Å². The van der Waals surface area contributed by atoms with Crippen LogP contribution in [0.2, 0.25) is 0 Å². The third-order valence-corrected chi connectivity index (χ3v) is 2.85. The fourth-order valence-electron chi connectivity index (χ4n) is 1.72. The number of nitrogens with two attached hydrogens (primary N) is 1. The van der Waals surface area contributed by atoms with Crippen LogP contribution in [0.5, 0.6) is 0 Å². The molecule has 0 fully saturated rings. The Kier molecular flexibility index (Phi) is 7.38. The van der Waals surface area contributed by atoms with E-state index in [-0.39, 0.29) is 19.4 Å². The first-order chi connectivity index (χ1) is 11.2. The lowest BCUT2D eigenvalue weighted by molar-refractivity contribution is -0.146. The summed E-state index contributed by atoms with van der Waals surface area (Å²) < 4.78 is 10.0. The van der Waals surface area contributed by atoms with Gasteiger partial charge in [0.1, 0.15) is 18.2 Å². The van der Waals surface area contributed by atoms with Gasteiger partial charge in [-0.1, -0.05) is 30.3 Å². The molecule has 1 aromatic carbocycles. The summed E-state index contributed by atoms with van der Waals surface area (Å²) in [5, 5.41) is 2.08. The number of carbonyl (C=O) groups is 3. The zero-order valence-corrected chi connectivity index (χ0v) is 14.2. The zero-order valence-electron chi connectivity index (χ0n) is 14.2. The highest BCUT2D eigenvalue weighted by molar-refractivity contribution is 5.92. The molecule has 0 saturated heterocycles. The second kappa shape index (κ2) is 9.02. The van der Waals surface area contributed by atoms with Crippen LogP contribution in [0.4, 0.5) is 4.79 Å². The number of amides is 2. The molecule has 2 amide bonds. The largest absolute Gasteiger partial charge is 0.460 e. The lowest BCUT2D eigenvalue weighted by Gasteiger charge is -2.19. The first-order valence-electron chi connectivity index (χ1n) is 7.66. The Hall–Kier alpha value is -2.41. The Morgan fingerprint density at radius 2 is 1.79 bits per heavy atom. The molecule has 132 valence electrons. The van der Waals surface area contributed by atoms with Gasteiger partial charge in [0.15, 0.2) is 0 Å². The summed E-state index contributed by atoms with van der Waals surface area (Å²) in [6.45, 7) is 5.19. The molecule has 1 rings (SSSR count). The minimum absolute atomic E-state index is 0.0717. The third-order valence-electron chi connectivity index (χ3n) is 2.85. The summed E-state index contributed by atoms with van der Waals surface area (Å²) >= 11 is 0. The zero-order chi connectivity index (χ0) is 18.2. The van der Waals surface area contributed by atoms with Gasteiger partial charge in [0, 0.05) is 6.42 Å². The molecule has 0 aliphatic heterocycles. The molecule has 7 nitrogen and oxygen atoms in total. The van der Waals surface area contributed by atoms with Crippen molar-refractivity contribution >= 4 is 18.0 Å². The van der Waals surface area contributed by atoms with Crippen LogP contribution in [0, 0.1) is 0 Å². The van der Waals surface area contributed by atoms with Crippen molar-refractivity contribution in [3.8, 4) is 0 Å². The van der Waals surface area contributed by atoms with Crippen LogP contribution in [-0.2, 0) is 25.7 Å². The molecule has 24 heavy (non-hydrogen) atoms. The van der Waals surface area contributed by atoms with Gasteiger partial charge in [-0.05, 0) is 32.8 Å². The van der Waals surface area contributed by atoms with Crippen molar-refractivity contribution in [2.75, 3.05) is 0 Å². The van der Waals surface area contributed by atoms with Crippen molar-refractivity contribution in [3.05, 3.63) is 35.9 Å². The highest BCUT2D eigenvalue weighted by atomic mass is 16.6. The van der Waals surface area contributed by atoms with Gasteiger partial charge in [-0.15, -0.1) is 0 Å². The topological polar surface area (TPSA) is 108 Å². The van der Waals surface area contributed by atoms with Crippen LogP contribution >= 0.6 is 0 Å². The molecular weight excluding hydrogens is 312 g/mol. The average Bonchev–Trinajstić information content (AvgIpc) is 2.49. The lowest BCUT2D eigenvalue weighted by Crippen LogP contribution is -2.38. The van der Waals surface area contributed by atoms with E-state index in [4.69, 9.17) is 15.2 Å². The number of nitrogens with one attached hydrogen (secondary N) is 1.